The zero-order valence-electron chi connectivity index (χ0n) is 11.4. The van der Waals surface area contributed by atoms with E-state index in [1.54, 1.807) is 0 Å². The molecule has 108 valence electrons. The molecule has 1 aliphatic rings. The maximum absolute atomic E-state index is 11.9. The average Bonchev–Trinajstić information content (AvgIpc) is 3.08. The zero-order chi connectivity index (χ0) is 14.5. The molecule has 0 spiro atoms. The van der Waals surface area contributed by atoms with Crippen molar-refractivity contribution in [1.29, 1.82) is 0 Å². The predicted octanol–water partition coefficient (Wildman–Crippen LogP) is 1.18. The summed E-state index contributed by atoms with van der Waals surface area (Å²) in [5, 5.41) is 16.6. The minimum Gasteiger partial charge on any atom is -0.488 e. The van der Waals surface area contributed by atoms with Crippen molar-refractivity contribution in [2.75, 3.05) is 6.61 Å². The maximum Gasteiger partial charge on any atom is 0.286 e. The first kappa shape index (κ1) is 13.3. The molecule has 2 N–H and O–H groups in total. The largest absolute Gasteiger partial charge is 0.488 e. The Bertz CT molecular complexity index is 634. The zero-order valence-corrected chi connectivity index (χ0v) is 11.4. The van der Waals surface area contributed by atoms with Crippen LogP contribution in [0.3, 0.4) is 0 Å². The van der Waals surface area contributed by atoms with E-state index in [0.717, 1.165) is 24.0 Å². The number of tetrazole rings is 1. The van der Waals surface area contributed by atoms with Crippen LogP contribution in [0.2, 0.25) is 0 Å². The second-order valence-electron chi connectivity index (χ2n) is 4.67. The molecule has 0 fully saturated rings. The highest BCUT2D eigenvalue weighted by Crippen LogP contribution is 2.14. The minimum atomic E-state index is -0.169. The van der Waals surface area contributed by atoms with Gasteiger partial charge in [-0.1, -0.05) is 24.3 Å². The van der Waals surface area contributed by atoms with Crippen molar-refractivity contribution in [3.8, 4) is 11.4 Å². The second-order valence-corrected chi connectivity index (χ2v) is 4.67. The molecule has 1 aromatic carbocycles. The lowest BCUT2D eigenvalue weighted by molar-refractivity contribution is -0.121. The second kappa shape index (κ2) is 6.17. The van der Waals surface area contributed by atoms with Gasteiger partial charge in [-0.3, -0.25) is 4.79 Å². The Morgan fingerprint density at radius 1 is 1.33 bits per heavy atom. The van der Waals surface area contributed by atoms with Gasteiger partial charge in [0.25, 0.3) is 5.91 Å². The number of nitrogens with one attached hydrogen (secondary N) is 2. The summed E-state index contributed by atoms with van der Waals surface area (Å²) in [5.74, 6) is 0.799. The van der Waals surface area contributed by atoms with Gasteiger partial charge in [-0.2, -0.15) is 5.21 Å². The number of carbonyl (C=O) groups is 1. The monoisotopic (exact) mass is 285 g/mol. The molecule has 1 amide bonds. The van der Waals surface area contributed by atoms with Crippen LogP contribution in [0.15, 0.2) is 36.1 Å². The Labute approximate surface area is 121 Å². The molecule has 0 unspecified atom stereocenters. The summed E-state index contributed by atoms with van der Waals surface area (Å²) in [7, 11) is 0. The van der Waals surface area contributed by atoms with E-state index in [1.807, 2.05) is 30.3 Å². The van der Waals surface area contributed by atoms with Crippen molar-refractivity contribution in [3.05, 3.63) is 41.7 Å². The van der Waals surface area contributed by atoms with Gasteiger partial charge in [-0.15, -0.1) is 10.2 Å². The molecular formula is C14H15N5O2. The van der Waals surface area contributed by atoms with Gasteiger partial charge in [0.1, 0.15) is 0 Å². The summed E-state index contributed by atoms with van der Waals surface area (Å²) in [6, 6.07) is 7.62. The Balaban J connectivity index is 1.58. The van der Waals surface area contributed by atoms with Crippen molar-refractivity contribution < 1.29 is 9.53 Å². The van der Waals surface area contributed by atoms with Gasteiger partial charge in [0.2, 0.25) is 5.82 Å². The van der Waals surface area contributed by atoms with Gasteiger partial charge >= 0.3 is 0 Å². The topological polar surface area (TPSA) is 92.8 Å². The van der Waals surface area contributed by atoms with Crippen LogP contribution < -0.4 is 5.32 Å². The van der Waals surface area contributed by atoms with E-state index in [0.29, 0.717) is 24.7 Å². The van der Waals surface area contributed by atoms with E-state index in [9.17, 15) is 4.79 Å². The number of hydrogen-bond donors (Lipinski definition) is 2. The van der Waals surface area contributed by atoms with Gasteiger partial charge in [-0.25, -0.2) is 0 Å². The third kappa shape index (κ3) is 3.25. The number of benzene rings is 1. The molecule has 1 aliphatic heterocycles. The third-order valence-electron chi connectivity index (χ3n) is 3.17. The number of H-pyrrole nitrogens is 1. The normalized spacial score (nSPS) is 14.2. The smallest absolute Gasteiger partial charge is 0.286 e. The van der Waals surface area contributed by atoms with Crippen molar-refractivity contribution in [1.82, 2.24) is 25.9 Å². The fraction of sp³-hybridized carbons (Fsp3) is 0.286. The van der Waals surface area contributed by atoms with E-state index in [4.69, 9.17) is 4.74 Å². The van der Waals surface area contributed by atoms with Crippen LogP contribution in [-0.4, -0.2) is 33.1 Å². The third-order valence-corrected chi connectivity index (χ3v) is 3.17. The number of amides is 1. The Morgan fingerprint density at radius 3 is 2.86 bits per heavy atom. The Kier molecular flexibility index (Phi) is 3.90. The molecule has 0 bridgehead atoms. The summed E-state index contributed by atoms with van der Waals surface area (Å²) in [5.41, 5.74) is 1.86. The van der Waals surface area contributed by atoms with Gasteiger partial charge in [0.05, 0.1) is 6.61 Å². The number of aromatic nitrogens is 4. The quantitative estimate of drug-likeness (QED) is 0.879. The van der Waals surface area contributed by atoms with Crippen LogP contribution in [-0.2, 0) is 16.1 Å². The van der Waals surface area contributed by atoms with Crippen LogP contribution in [0.1, 0.15) is 18.4 Å². The Hall–Kier alpha value is -2.70. The van der Waals surface area contributed by atoms with Gasteiger partial charge in [0, 0.05) is 12.1 Å². The lowest BCUT2D eigenvalue weighted by Crippen LogP contribution is -2.26. The van der Waals surface area contributed by atoms with Gasteiger partial charge < -0.3 is 10.1 Å². The molecule has 21 heavy (non-hydrogen) atoms. The lowest BCUT2D eigenvalue weighted by Gasteiger charge is -2.14. The number of carbonyl (C=O) groups excluding carboxylic acids is 1. The summed E-state index contributed by atoms with van der Waals surface area (Å²) >= 11 is 0. The summed E-state index contributed by atoms with van der Waals surface area (Å²) in [6.07, 6.45) is 3.69. The number of aromatic amines is 1. The molecule has 0 radical (unpaired) electrons. The van der Waals surface area contributed by atoms with E-state index in [1.165, 1.54) is 0 Å². The minimum absolute atomic E-state index is 0.169. The number of allylic oxidation sites excluding steroid dienone is 1. The maximum atomic E-state index is 11.9. The van der Waals surface area contributed by atoms with Crippen LogP contribution in [0.5, 0.6) is 0 Å². The molecule has 2 heterocycles. The first-order valence-electron chi connectivity index (χ1n) is 6.77. The molecule has 1 aromatic heterocycles. The van der Waals surface area contributed by atoms with E-state index >= 15 is 0 Å². The van der Waals surface area contributed by atoms with Crippen molar-refractivity contribution >= 4 is 5.91 Å². The molecule has 0 saturated carbocycles. The first-order valence-corrected chi connectivity index (χ1v) is 6.77. The highest BCUT2D eigenvalue weighted by atomic mass is 16.5. The number of hydrogen-bond acceptors (Lipinski definition) is 5. The molecular weight excluding hydrogens is 270 g/mol. The highest BCUT2D eigenvalue weighted by molar-refractivity contribution is 5.91. The molecule has 7 nitrogen and oxygen atoms in total. The fourth-order valence-electron chi connectivity index (χ4n) is 2.04. The Morgan fingerprint density at radius 2 is 2.19 bits per heavy atom. The van der Waals surface area contributed by atoms with Crippen molar-refractivity contribution in [3.63, 3.8) is 0 Å². The highest BCUT2D eigenvalue weighted by Gasteiger charge is 2.13. The van der Waals surface area contributed by atoms with Crippen molar-refractivity contribution in [2.24, 2.45) is 0 Å². The van der Waals surface area contributed by atoms with Crippen molar-refractivity contribution in [2.45, 2.75) is 19.4 Å². The van der Waals surface area contributed by atoms with Crippen LogP contribution in [0.25, 0.3) is 11.4 Å². The van der Waals surface area contributed by atoms with E-state index < -0.39 is 0 Å². The molecule has 7 heteroatoms. The summed E-state index contributed by atoms with van der Waals surface area (Å²) < 4.78 is 5.32. The summed E-state index contributed by atoms with van der Waals surface area (Å²) in [6.45, 7) is 1.06. The lowest BCUT2D eigenvalue weighted by atomic mass is 10.1. The molecule has 0 aliphatic carbocycles. The van der Waals surface area contributed by atoms with E-state index in [2.05, 4.69) is 25.9 Å². The first-order chi connectivity index (χ1) is 10.3. The molecule has 3 rings (SSSR count). The average molecular weight is 285 g/mol. The van der Waals surface area contributed by atoms with Gasteiger partial charge in [-0.05, 0) is 29.7 Å². The number of ether oxygens (including phenoxy) is 1. The van der Waals surface area contributed by atoms with Gasteiger partial charge in [0.15, 0.2) is 5.76 Å². The van der Waals surface area contributed by atoms with Crippen LogP contribution >= 0.6 is 0 Å². The summed E-state index contributed by atoms with van der Waals surface area (Å²) in [4.78, 5) is 11.9. The van der Waals surface area contributed by atoms with E-state index in [-0.39, 0.29) is 5.91 Å². The predicted molar refractivity (Wildman–Crippen MR) is 74.7 cm³/mol. The molecule has 0 atom stereocenters. The SMILES string of the molecule is O=C(NCc1ccc(-c2nn[nH]n2)cc1)C1=CCCCO1. The molecule has 0 saturated heterocycles. The molecule has 2 aromatic rings. The van der Waals surface area contributed by atoms with Crippen LogP contribution in [0, 0.1) is 0 Å². The van der Waals surface area contributed by atoms with Crippen LogP contribution in [0.4, 0.5) is 0 Å². The number of rotatable bonds is 4. The number of nitrogens with zero attached hydrogens (tertiary/aromatic N) is 3. The fourth-order valence-corrected chi connectivity index (χ4v) is 2.04. The standard InChI is InChI=1S/C14H15N5O2/c20-14(12-3-1-2-8-21-12)15-9-10-4-6-11(7-5-10)13-16-18-19-17-13/h3-7H,1-2,8-9H2,(H,15,20)(H,16,17,18,19).